The van der Waals surface area contributed by atoms with Gasteiger partial charge in [-0.3, -0.25) is 0 Å². The molecule has 0 saturated carbocycles. The van der Waals surface area contributed by atoms with Gasteiger partial charge in [-0.15, -0.1) is 0 Å². The molecule has 5 nitrogen and oxygen atoms in total. The first-order chi connectivity index (χ1) is 10.2. The number of fused-ring (bicyclic) bond motifs is 1. The molecule has 0 spiro atoms. The molecule has 0 aliphatic rings. The number of rotatable bonds is 3. The Morgan fingerprint density at radius 2 is 1.81 bits per heavy atom. The maximum absolute atomic E-state index is 11.3. The number of halogens is 1. The molecule has 21 heavy (non-hydrogen) atoms. The van der Waals surface area contributed by atoms with Gasteiger partial charge in [0.2, 0.25) is 0 Å². The topological polar surface area (TPSA) is 84.5 Å². The van der Waals surface area contributed by atoms with Crippen molar-refractivity contribution in [3.05, 3.63) is 62.5 Å². The summed E-state index contributed by atoms with van der Waals surface area (Å²) in [5.41, 5.74) is 3.90. The van der Waals surface area contributed by atoms with Crippen LogP contribution in [0.15, 0.2) is 45.7 Å². The third-order valence-corrected chi connectivity index (χ3v) is 3.83. The summed E-state index contributed by atoms with van der Waals surface area (Å²) in [6, 6.07) is 13.2. The molecule has 2 aromatic carbocycles. The van der Waals surface area contributed by atoms with E-state index in [9.17, 15) is 4.79 Å². The van der Waals surface area contributed by atoms with Crippen LogP contribution in [-0.2, 0) is 6.54 Å². The Bertz CT molecular complexity index is 887. The Morgan fingerprint density at radius 3 is 2.48 bits per heavy atom. The lowest BCUT2D eigenvalue weighted by Gasteiger charge is -2.09. The number of H-pyrrole nitrogens is 2. The van der Waals surface area contributed by atoms with E-state index in [-0.39, 0.29) is 5.69 Å². The summed E-state index contributed by atoms with van der Waals surface area (Å²) in [4.78, 5) is 16.7. The molecule has 3 aromatic rings. The molecule has 0 unspecified atom stereocenters. The Balaban J connectivity index is 1.82. The van der Waals surface area contributed by atoms with E-state index >= 15 is 0 Å². The first-order valence-electron chi connectivity index (χ1n) is 6.30. The van der Waals surface area contributed by atoms with Crippen molar-refractivity contribution in [1.82, 2.24) is 9.97 Å². The first-order valence-corrected chi connectivity index (χ1v) is 7.09. The molecule has 0 bridgehead atoms. The highest BCUT2D eigenvalue weighted by Crippen LogP contribution is 2.26. The van der Waals surface area contributed by atoms with Crippen molar-refractivity contribution in [3.63, 3.8) is 0 Å². The molecule has 3 N–H and O–H groups in total. The van der Waals surface area contributed by atoms with Crippen LogP contribution in [0.1, 0.15) is 11.1 Å². The molecule has 0 aliphatic heterocycles. The average molecular weight is 343 g/mol. The molecule has 0 amide bonds. The number of hydrogen-bond donors (Lipinski definition) is 3. The Hall–Kier alpha value is -2.52. The quantitative estimate of drug-likeness (QED) is 0.683. The highest BCUT2D eigenvalue weighted by molar-refractivity contribution is 9.10. The van der Waals surface area contributed by atoms with E-state index in [1.165, 1.54) is 0 Å². The summed E-state index contributed by atoms with van der Waals surface area (Å²) in [5, 5.41) is 12.1. The maximum Gasteiger partial charge on any atom is 0.323 e. The van der Waals surface area contributed by atoms with Crippen molar-refractivity contribution in [3.8, 4) is 6.07 Å². The van der Waals surface area contributed by atoms with E-state index in [2.05, 4.69) is 37.3 Å². The second kappa shape index (κ2) is 5.46. The Labute approximate surface area is 128 Å². The zero-order chi connectivity index (χ0) is 14.8. The van der Waals surface area contributed by atoms with Gasteiger partial charge < -0.3 is 15.3 Å². The Kier molecular flexibility index (Phi) is 3.50. The number of nitrogens with one attached hydrogen (secondary N) is 3. The van der Waals surface area contributed by atoms with Gasteiger partial charge in [0.15, 0.2) is 0 Å². The molecule has 104 valence electrons. The third-order valence-electron chi connectivity index (χ3n) is 3.17. The summed E-state index contributed by atoms with van der Waals surface area (Å²) in [5.74, 6) is 0. The van der Waals surface area contributed by atoms with Crippen LogP contribution in [0, 0.1) is 11.3 Å². The molecule has 0 atom stereocenters. The van der Waals surface area contributed by atoms with Gasteiger partial charge in [-0.2, -0.15) is 5.26 Å². The van der Waals surface area contributed by atoms with Crippen molar-refractivity contribution in [2.75, 3.05) is 5.32 Å². The standard InChI is InChI=1S/C15H11BrN4O/c16-11-5-13-14(20-15(21)19-13)6-12(11)18-8-10-3-1-9(7-17)2-4-10/h1-6,18H,8H2,(H2,19,20,21). The zero-order valence-corrected chi connectivity index (χ0v) is 12.5. The minimum atomic E-state index is -0.221. The molecule has 1 aromatic heterocycles. The summed E-state index contributed by atoms with van der Waals surface area (Å²) in [7, 11) is 0. The van der Waals surface area contributed by atoms with E-state index < -0.39 is 0 Å². The number of hydrogen-bond acceptors (Lipinski definition) is 3. The second-order valence-corrected chi connectivity index (χ2v) is 5.47. The summed E-state index contributed by atoms with van der Waals surface area (Å²) >= 11 is 3.48. The van der Waals surface area contributed by atoms with Gasteiger partial charge in [-0.25, -0.2) is 4.79 Å². The first kappa shape index (κ1) is 13.5. The molecule has 0 aliphatic carbocycles. The Morgan fingerprint density at radius 1 is 1.14 bits per heavy atom. The van der Waals surface area contributed by atoms with E-state index in [1.54, 1.807) is 12.1 Å². The second-order valence-electron chi connectivity index (χ2n) is 4.62. The molecule has 1 heterocycles. The van der Waals surface area contributed by atoms with Crippen LogP contribution in [0.5, 0.6) is 0 Å². The average Bonchev–Trinajstić information content (AvgIpc) is 2.84. The fourth-order valence-electron chi connectivity index (χ4n) is 2.09. The largest absolute Gasteiger partial charge is 0.380 e. The molecule has 0 radical (unpaired) electrons. The number of aromatic amines is 2. The van der Waals surface area contributed by atoms with Crippen LogP contribution in [0.4, 0.5) is 5.69 Å². The highest BCUT2D eigenvalue weighted by Gasteiger charge is 2.05. The van der Waals surface area contributed by atoms with Gasteiger partial charge in [-0.1, -0.05) is 12.1 Å². The van der Waals surface area contributed by atoms with Crippen LogP contribution < -0.4 is 11.0 Å². The smallest absolute Gasteiger partial charge is 0.323 e. The maximum atomic E-state index is 11.3. The normalized spacial score (nSPS) is 10.5. The molecule has 6 heteroatoms. The minimum Gasteiger partial charge on any atom is -0.380 e. The van der Waals surface area contributed by atoms with Gasteiger partial charge in [0.25, 0.3) is 0 Å². The summed E-state index contributed by atoms with van der Waals surface area (Å²) in [6.07, 6.45) is 0. The lowest BCUT2D eigenvalue weighted by Crippen LogP contribution is -2.00. The van der Waals surface area contributed by atoms with Gasteiger partial charge >= 0.3 is 5.69 Å². The van der Waals surface area contributed by atoms with Crippen molar-refractivity contribution in [2.45, 2.75) is 6.54 Å². The SMILES string of the molecule is N#Cc1ccc(CNc2cc3[nH]c(=O)[nH]c3cc2Br)cc1. The van der Waals surface area contributed by atoms with E-state index in [4.69, 9.17) is 5.26 Å². The number of aromatic nitrogens is 2. The van der Waals surface area contributed by atoms with Crippen LogP contribution in [0.25, 0.3) is 11.0 Å². The minimum absolute atomic E-state index is 0.221. The van der Waals surface area contributed by atoms with Gasteiger partial charge in [0.1, 0.15) is 0 Å². The predicted molar refractivity (Wildman–Crippen MR) is 85.1 cm³/mol. The van der Waals surface area contributed by atoms with Gasteiger partial charge in [0, 0.05) is 11.0 Å². The fraction of sp³-hybridized carbons (Fsp3) is 0.0667. The van der Waals surface area contributed by atoms with Crippen LogP contribution >= 0.6 is 15.9 Å². The third kappa shape index (κ3) is 2.83. The molecule has 3 rings (SSSR count). The number of nitrogens with zero attached hydrogens (tertiary/aromatic N) is 1. The van der Waals surface area contributed by atoms with Crippen molar-refractivity contribution in [1.29, 1.82) is 5.26 Å². The monoisotopic (exact) mass is 342 g/mol. The van der Waals surface area contributed by atoms with Crippen molar-refractivity contribution < 1.29 is 0 Å². The van der Waals surface area contributed by atoms with E-state index in [0.717, 1.165) is 26.8 Å². The summed E-state index contributed by atoms with van der Waals surface area (Å²) in [6.45, 7) is 0.629. The molecule has 0 saturated heterocycles. The highest BCUT2D eigenvalue weighted by atomic mass is 79.9. The van der Waals surface area contributed by atoms with E-state index in [0.29, 0.717) is 12.1 Å². The number of nitriles is 1. The lowest BCUT2D eigenvalue weighted by molar-refractivity contribution is 1.15. The van der Waals surface area contributed by atoms with Crippen LogP contribution in [0.3, 0.4) is 0 Å². The molecule has 0 fully saturated rings. The van der Waals surface area contributed by atoms with E-state index in [1.807, 2.05) is 24.3 Å². The van der Waals surface area contributed by atoms with Crippen LogP contribution in [0.2, 0.25) is 0 Å². The lowest BCUT2D eigenvalue weighted by atomic mass is 10.1. The van der Waals surface area contributed by atoms with Crippen molar-refractivity contribution >= 4 is 32.7 Å². The van der Waals surface area contributed by atoms with Gasteiger partial charge in [-0.05, 0) is 45.8 Å². The number of imidazole rings is 1. The summed E-state index contributed by atoms with van der Waals surface area (Å²) < 4.78 is 0.874. The van der Waals surface area contributed by atoms with Gasteiger partial charge in [0.05, 0.1) is 28.4 Å². The zero-order valence-electron chi connectivity index (χ0n) is 10.9. The molecular formula is C15H11BrN4O. The number of anilines is 1. The molecular weight excluding hydrogens is 332 g/mol. The van der Waals surface area contributed by atoms with Crippen molar-refractivity contribution in [2.24, 2.45) is 0 Å². The van der Waals surface area contributed by atoms with Crippen LogP contribution in [-0.4, -0.2) is 9.97 Å². The predicted octanol–water partition coefficient (Wildman–Crippen LogP) is 3.10. The fourth-order valence-corrected chi connectivity index (χ4v) is 2.57. The number of benzene rings is 2.